The first-order chi connectivity index (χ1) is 6.09. The number of rotatable bonds is 0. The molecule has 0 unspecified atom stereocenters. The van der Waals surface area contributed by atoms with Crippen LogP contribution in [0.15, 0.2) is 12.1 Å². The molecule has 68 valence electrons. The Morgan fingerprint density at radius 3 is 2.54 bits per heavy atom. The smallest absolute Gasteiger partial charge is 0.0359 e. The molecule has 13 heavy (non-hydrogen) atoms. The third kappa shape index (κ3) is 1.50. The Morgan fingerprint density at radius 1 is 1.15 bits per heavy atom. The fourth-order valence-electron chi connectivity index (χ4n) is 1.49. The summed E-state index contributed by atoms with van der Waals surface area (Å²) in [5.74, 6) is 0. The number of thiophene rings is 1. The topological polar surface area (TPSA) is 0 Å². The Kier molecular flexibility index (Phi) is 2.36. The van der Waals surface area contributed by atoms with Crippen LogP contribution in [-0.4, -0.2) is 0 Å². The van der Waals surface area contributed by atoms with E-state index in [1.165, 1.54) is 29.7 Å². The molecule has 1 aromatic carbocycles. The lowest BCUT2D eigenvalue weighted by Gasteiger charge is -2.03. The normalized spacial score (nSPS) is 11.1. The van der Waals surface area contributed by atoms with Crippen LogP contribution in [0.5, 0.6) is 0 Å². The minimum atomic E-state index is 1.40. The van der Waals surface area contributed by atoms with Crippen LogP contribution in [0.25, 0.3) is 10.1 Å². The van der Waals surface area contributed by atoms with Crippen LogP contribution in [0.3, 0.4) is 0 Å². The van der Waals surface area contributed by atoms with Crippen molar-refractivity contribution < 1.29 is 0 Å². The molecular formula is C11H11IS. The molecule has 1 heterocycles. The van der Waals surface area contributed by atoms with E-state index < -0.39 is 0 Å². The third-order valence-electron chi connectivity index (χ3n) is 2.39. The van der Waals surface area contributed by atoms with Gasteiger partial charge in [0.15, 0.2) is 0 Å². The Hall–Kier alpha value is -0.0900. The fourth-order valence-corrected chi connectivity index (χ4v) is 3.58. The van der Waals surface area contributed by atoms with Crippen LogP contribution >= 0.6 is 33.9 Å². The molecule has 1 aromatic heterocycles. The van der Waals surface area contributed by atoms with Gasteiger partial charge in [-0.15, -0.1) is 11.3 Å². The lowest BCUT2D eigenvalue weighted by atomic mass is 10.1. The molecule has 0 nitrogen and oxygen atoms in total. The molecular weight excluding hydrogens is 291 g/mol. The zero-order valence-corrected chi connectivity index (χ0v) is 10.9. The highest BCUT2D eigenvalue weighted by Crippen LogP contribution is 2.32. The minimum Gasteiger partial charge on any atom is -0.141 e. The second-order valence-electron chi connectivity index (χ2n) is 3.40. The maximum absolute atomic E-state index is 2.45. The van der Waals surface area contributed by atoms with E-state index >= 15 is 0 Å². The Labute approximate surface area is 96.1 Å². The predicted octanol–water partition coefficient (Wildman–Crippen LogP) is 4.43. The monoisotopic (exact) mass is 302 g/mol. The number of benzene rings is 1. The van der Waals surface area contributed by atoms with Gasteiger partial charge in [0, 0.05) is 18.5 Å². The summed E-state index contributed by atoms with van der Waals surface area (Å²) in [5.41, 5.74) is 2.82. The molecule has 2 aromatic rings. The standard InChI is InChI=1S/C11H11IS/c1-6-4-10-9(5-7(2)13-10)11(12)8(6)3/h4-5H,1-3H3. The molecule has 0 N–H and O–H groups in total. The molecule has 0 spiro atoms. The minimum absolute atomic E-state index is 1.40. The molecule has 0 amide bonds. The largest absolute Gasteiger partial charge is 0.141 e. The third-order valence-corrected chi connectivity index (χ3v) is 4.78. The van der Waals surface area contributed by atoms with Crippen molar-refractivity contribution in [1.82, 2.24) is 0 Å². The Balaban J connectivity index is 2.92. The molecule has 0 fully saturated rings. The van der Waals surface area contributed by atoms with Gasteiger partial charge in [-0.1, -0.05) is 0 Å². The average molecular weight is 302 g/mol. The van der Waals surface area contributed by atoms with Crippen molar-refractivity contribution in [3.63, 3.8) is 0 Å². The van der Waals surface area contributed by atoms with Gasteiger partial charge < -0.3 is 0 Å². The summed E-state index contributed by atoms with van der Waals surface area (Å²) in [6.45, 7) is 6.56. The molecule has 0 aliphatic rings. The van der Waals surface area contributed by atoms with E-state index in [1.807, 2.05) is 11.3 Å². The highest BCUT2D eigenvalue weighted by molar-refractivity contribution is 14.1. The van der Waals surface area contributed by atoms with Gasteiger partial charge in [0.05, 0.1) is 0 Å². The van der Waals surface area contributed by atoms with Crippen molar-refractivity contribution in [2.75, 3.05) is 0 Å². The molecule has 0 saturated carbocycles. The van der Waals surface area contributed by atoms with E-state index in [0.717, 1.165) is 0 Å². The molecule has 2 heteroatoms. The summed E-state index contributed by atoms with van der Waals surface area (Å²) in [4.78, 5) is 1.40. The zero-order valence-electron chi connectivity index (χ0n) is 7.94. The Bertz CT molecular complexity index is 468. The summed E-state index contributed by atoms with van der Waals surface area (Å²) in [6, 6.07) is 4.58. The summed E-state index contributed by atoms with van der Waals surface area (Å²) in [6.07, 6.45) is 0. The van der Waals surface area contributed by atoms with Gasteiger partial charge in [-0.3, -0.25) is 0 Å². The van der Waals surface area contributed by atoms with Gasteiger partial charge in [-0.25, -0.2) is 0 Å². The molecule has 2 rings (SSSR count). The molecule has 0 aliphatic heterocycles. The zero-order chi connectivity index (χ0) is 9.59. The highest BCUT2D eigenvalue weighted by Gasteiger charge is 2.07. The first-order valence-electron chi connectivity index (χ1n) is 4.25. The maximum atomic E-state index is 2.45. The van der Waals surface area contributed by atoms with Gasteiger partial charge in [-0.05, 0) is 66.6 Å². The summed E-state index contributed by atoms with van der Waals surface area (Å²) in [5, 5.41) is 1.42. The van der Waals surface area contributed by atoms with Crippen LogP contribution in [0.4, 0.5) is 0 Å². The summed E-state index contributed by atoms with van der Waals surface area (Å²) >= 11 is 4.33. The van der Waals surface area contributed by atoms with Crippen molar-refractivity contribution in [2.45, 2.75) is 20.8 Å². The molecule has 0 saturated heterocycles. The lowest BCUT2D eigenvalue weighted by molar-refractivity contribution is 1.35. The van der Waals surface area contributed by atoms with Crippen molar-refractivity contribution in [1.29, 1.82) is 0 Å². The van der Waals surface area contributed by atoms with Crippen LogP contribution in [-0.2, 0) is 0 Å². The molecule has 0 aliphatic carbocycles. The molecule has 0 radical (unpaired) electrons. The SMILES string of the molecule is Cc1cc2c(I)c(C)c(C)cc2s1. The summed E-state index contributed by atoms with van der Waals surface area (Å²) < 4.78 is 2.84. The van der Waals surface area contributed by atoms with Gasteiger partial charge >= 0.3 is 0 Å². The number of fused-ring (bicyclic) bond motifs is 1. The van der Waals surface area contributed by atoms with Gasteiger partial charge in [0.2, 0.25) is 0 Å². The van der Waals surface area contributed by atoms with E-state index in [-0.39, 0.29) is 0 Å². The van der Waals surface area contributed by atoms with Gasteiger partial charge in [-0.2, -0.15) is 0 Å². The fraction of sp³-hybridized carbons (Fsp3) is 0.273. The summed E-state index contributed by atoms with van der Waals surface area (Å²) in [7, 11) is 0. The second-order valence-corrected chi connectivity index (χ2v) is 5.77. The lowest BCUT2D eigenvalue weighted by Crippen LogP contribution is -1.85. The first-order valence-corrected chi connectivity index (χ1v) is 6.15. The van der Waals surface area contributed by atoms with E-state index in [2.05, 4.69) is 55.5 Å². The van der Waals surface area contributed by atoms with E-state index in [1.54, 1.807) is 0 Å². The van der Waals surface area contributed by atoms with Crippen molar-refractivity contribution in [3.05, 3.63) is 31.7 Å². The Morgan fingerprint density at radius 2 is 1.85 bits per heavy atom. The quantitative estimate of drug-likeness (QED) is 0.632. The van der Waals surface area contributed by atoms with Crippen LogP contribution < -0.4 is 0 Å². The average Bonchev–Trinajstić information content (AvgIpc) is 2.42. The molecule has 0 bridgehead atoms. The maximum Gasteiger partial charge on any atom is 0.0359 e. The number of aryl methyl sites for hydroxylation is 2. The predicted molar refractivity (Wildman–Crippen MR) is 68.8 cm³/mol. The van der Waals surface area contributed by atoms with E-state index in [4.69, 9.17) is 0 Å². The van der Waals surface area contributed by atoms with E-state index in [0.29, 0.717) is 0 Å². The van der Waals surface area contributed by atoms with Crippen molar-refractivity contribution in [3.8, 4) is 0 Å². The second kappa shape index (κ2) is 3.24. The number of hydrogen-bond acceptors (Lipinski definition) is 1. The van der Waals surface area contributed by atoms with Crippen LogP contribution in [0.2, 0.25) is 0 Å². The van der Waals surface area contributed by atoms with E-state index in [9.17, 15) is 0 Å². The van der Waals surface area contributed by atoms with Crippen molar-refractivity contribution >= 4 is 44.0 Å². The van der Waals surface area contributed by atoms with Gasteiger partial charge in [0.25, 0.3) is 0 Å². The van der Waals surface area contributed by atoms with Crippen molar-refractivity contribution in [2.24, 2.45) is 0 Å². The first kappa shape index (κ1) is 9.46. The van der Waals surface area contributed by atoms with Crippen LogP contribution in [0.1, 0.15) is 16.0 Å². The number of hydrogen-bond donors (Lipinski definition) is 0. The highest BCUT2D eigenvalue weighted by atomic mass is 127. The number of halogens is 1. The van der Waals surface area contributed by atoms with Gasteiger partial charge in [0.1, 0.15) is 0 Å². The van der Waals surface area contributed by atoms with Crippen LogP contribution in [0, 0.1) is 24.3 Å². The molecule has 0 atom stereocenters.